The van der Waals surface area contributed by atoms with Crippen molar-refractivity contribution in [3.63, 3.8) is 0 Å². The van der Waals surface area contributed by atoms with E-state index >= 15 is 0 Å². The van der Waals surface area contributed by atoms with Crippen molar-refractivity contribution in [3.05, 3.63) is 70.3 Å². The van der Waals surface area contributed by atoms with Crippen LogP contribution in [0.2, 0.25) is 0 Å². The monoisotopic (exact) mass is 264 g/mol. The molecule has 20 heavy (non-hydrogen) atoms. The molecule has 0 spiro atoms. The van der Waals surface area contributed by atoms with Gasteiger partial charge in [0.25, 0.3) is 0 Å². The Balaban J connectivity index is 1.77. The predicted octanol–water partition coefficient (Wildman–Crippen LogP) is 2.36. The molecule has 0 amide bonds. The van der Waals surface area contributed by atoms with Crippen LogP contribution in [0.5, 0.6) is 0 Å². The van der Waals surface area contributed by atoms with Crippen LogP contribution < -0.4 is 4.99 Å². The molecule has 0 fully saturated rings. The molecule has 0 atom stereocenters. The first-order valence-electron chi connectivity index (χ1n) is 7.48. The molecule has 0 bridgehead atoms. The van der Waals surface area contributed by atoms with Crippen molar-refractivity contribution < 1.29 is 4.99 Å². The Kier molecular flexibility index (Phi) is 3.68. The molecule has 2 aromatic carbocycles. The fraction of sp³-hybridized carbons (Fsp3) is 0.316. The second kappa shape index (κ2) is 5.62. The minimum absolute atomic E-state index is 1.07. The molecular formula is C19H22N+. The highest BCUT2D eigenvalue weighted by Gasteiger charge is 2.18. The van der Waals surface area contributed by atoms with E-state index in [0.29, 0.717) is 0 Å². The van der Waals surface area contributed by atoms with Crippen molar-refractivity contribution in [1.29, 1.82) is 0 Å². The van der Waals surface area contributed by atoms with Crippen LogP contribution in [0.4, 0.5) is 0 Å². The molecule has 0 saturated carbocycles. The summed E-state index contributed by atoms with van der Waals surface area (Å²) in [6.07, 6.45) is 3.35. The number of aryl methyl sites for hydroxylation is 3. The lowest BCUT2D eigenvalue weighted by atomic mass is 9.93. The Morgan fingerprint density at radius 3 is 2.70 bits per heavy atom. The summed E-state index contributed by atoms with van der Waals surface area (Å²) in [7, 11) is 0. The van der Waals surface area contributed by atoms with Gasteiger partial charge in [-0.15, -0.1) is 0 Å². The summed E-state index contributed by atoms with van der Waals surface area (Å²) in [5, 5.41) is 0. The van der Waals surface area contributed by atoms with Crippen LogP contribution in [0.3, 0.4) is 0 Å². The summed E-state index contributed by atoms with van der Waals surface area (Å²) in [5.74, 6) is 0. The van der Waals surface area contributed by atoms with E-state index in [-0.39, 0.29) is 0 Å². The van der Waals surface area contributed by atoms with Gasteiger partial charge in [0, 0.05) is 18.4 Å². The Hall–Kier alpha value is -1.89. The third-order valence-corrected chi connectivity index (χ3v) is 4.22. The number of hydrogen-bond donors (Lipinski definition) is 1. The molecular weight excluding hydrogens is 242 g/mol. The number of benzene rings is 2. The predicted molar refractivity (Wildman–Crippen MR) is 84.3 cm³/mol. The van der Waals surface area contributed by atoms with Crippen molar-refractivity contribution >= 4 is 5.71 Å². The summed E-state index contributed by atoms with van der Waals surface area (Å²) in [6.45, 7) is 5.44. The fourth-order valence-electron chi connectivity index (χ4n) is 3.09. The molecule has 102 valence electrons. The van der Waals surface area contributed by atoms with Crippen LogP contribution in [0.1, 0.15) is 34.2 Å². The minimum atomic E-state index is 1.07. The summed E-state index contributed by atoms with van der Waals surface area (Å²) in [5.41, 5.74) is 8.54. The van der Waals surface area contributed by atoms with Gasteiger partial charge in [0.1, 0.15) is 6.54 Å². The van der Waals surface area contributed by atoms with Crippen LogP contribution in [0.25, 0.3) is 0 Å². The van der Waals surface area contributed by atoms with Crippen molar-refractivity contribution in [3.8, 4) is 0 Å². The van der Waals surface area contributed by atoms with Crippen LogP contribution in [0, 0.1) is 13.8 Å². The van der Waals surface area contributed by atoms with Gasteiger partial charge in [0.05, 0.1) is 0 Å². The number of rotatable bonds is 3. The lowest BCUT2D eigenvalue weighted by molar-refractivity contribution is -0.459. The third-order valence-electron chi connectivity index (χ3n) is 4.22. The molecule has 0 unspecified atom stereocenters. The van der Waals surface area contributed by atoms with Crippen LogP contribution in [-0.2, 0) is 12.8 Å². The van der Waals surface area contributed by atoms with Gasteiger partial charge in [-0.05, 0) is 43.0 Å². The first-order valence-corrected chi connectivity index (χ1v) is 7.48. The molecule has 0 saturated heterocycles. The summed E-state index contributed by atoms with van der Waals surface area (Å²) >= 11 is 0. The van der Waals surface area contributed by atoms with Gasteiger partial charge in [-0.1, -0.05) is 42.0 Å². The Labute approximate surface area is 121 Å². The normalized spacial score (nSPS) is 13.8. The molecule has 1 aliphatic heterocycles. The maximum absolute atomic E-state index is 3.59. The van der Waals surface area contributed by atoms with Crippen molar-refractivity contribution in [2.45, 2.75) is 33.1 Å². The summed E-state index contributed by atoms with van der Waals surface area (Å²) in [6, 6.07) is 15.6. The molecule has 0 aliphatic carbocycles. The van der Waals surface area contributed by atoms with E-state index in [0.717, 1.165) is 25.8 Å². The van der Waals surface area contributed by atoms with E-state index in [9.17, 15) is 0 Å². The standard InChI is InChI=1S/C19H21N/c1-14-7-8-16(15(2)13-14)9-10-19-18-6-4-3-5-17(18)11-12-20-19/h3-8,13H,9-12H2,1-2H3/p+1. The minimum Gasteiger partial charge on any atom is -0.245 e. The van der Waals surface area contributed by atoms with E-state index in [2.05, 4.69) is 61.3 Å². The second-order valence-corrected chi connectivity index (χ2v) is 5.74. The molecule has 0 aromatic heterocycles. The zero-order valence-corrected chi connectivity index (χ0v) is 12.4. The molecule has 1 nitrogen and oxygen atoms in total. The number of fused-ring (bicyclic) bond motifs is 1. The molecule has 3 rings (SSSR count). The van der Waals surface area contributed by atoms with Crippen LogP contribution in [0.15, 0.2) is 42.5 Å². The van der Waals surface area contributed by atoms with Gasteiger partial charge in [-0.3, -0.25) is 0 Å². The van der Waals surface area contributed by atoms with E-state index in [1.165, 1.54) is 33.5 Å². The average Bonchev–Trinajstić information content (AvgIpc) is 2.46. The summed E-state index contributed by atoms with van der Waals surface area (Å²) < 4.78 is 0. The molecule has 1 aliphatic rings. The van der Waals surface area contributed by atoms with E-state index < -0.39 is 0 Å². The van der Waals surface area contributed by atoms with Gasteiger partial charge in [0.2, 0.25) is 0 Å². The van der Waals surface area contributed by atoms with Gasteiger partial charge in [0.15, 0.2) is 5.71 Å². The average molecular weight is 264 g/mol. The SMILES string of the molecule is Cc1ccc(CCC2=[NH+]CCc3ccccc32)c(C)c1. The first-order chi connectivity index (χ1) is 9.74. The van der Waals surface area contributed by atoms with E-state index in [1.54, 1.807) is 0 Å². The van der Waals surface area contributed by atoms with Crippen molar-refractivity contribution in [1.82, 2.24) is 0 Å². The highest BCUT2D eigenvalue weighted by atomic mass is 14.7. The Morgan fingerprint density at radius 1 is 1.00 bits per heavy atom. The second-order valence-electron chi connectivity index (χ2n) is 5.74. The topological polar surface area (TPSA) is 14.0 Å². The Bertz CT molecular complexity index is 653. The zero-order chi connectivity index (χ0) is 13.9. The van der Waals surface area contributed by atoms with E-state index in [4.69, 9.17) is 0 Å². The molecule has 2 aromatic rings. The maximum Gasteiger partial charge on any atom is 0.182 e. The van der Waals surface area contributed by atoms with Crippen molar-refractivity contribution in [2.75, 3.05) is 6.54 Å². The van der Waals surface area contributed by atoms with Crippen LogP contribution in [-0.4, -0.2) is 12.3 Å². The molecule has 1 N–H and O–H groups in total. The lowest BCUT2D eigenvalue weighted by Gasteiger charge is -2.12. The third kappa shape index (κ3) is 2.67. The fourth-order valence-corrected chi connectivity index (χ4v) is 3.09. The number of nitrogens with one attached hydrogen (secondary N) is 1. The Morgan fingerprint density at radius 2 is 1.85 bits per heavy atom. The lowest BCUT2D eigenvalue weighted by Crippen LogP contribution is -2.75. The van der Waals surface area contributed by atoms with Gasteiger partial charge >= 0.3 is 0 Å². The van der Waals surface area contributed by atoms with Crippen molar-refractivity contribution in [2.24, 2.45) is 0 Å². The van der Waals surface area contributed by atoms with E-state index in [1.807, 2.05) is 0 Å². The maximum atomic E-state index is 3.59. The van der Waals surface area contributed by atoms with Gasteiger partial charge in [-0.25, -0.2) is 4.99 Å². The first kappa shape index (κ1) is 13.1. The molecule has 1 heteroatoms. The van der Waals surface area contributed by atoms with Gasteiger partial charge in [-0.2, -0.15) is 0 Å². The largest absolute Gasteiger partial charge is 0.245 e. The smallest absolute Gasteiger partial charge is 0.182 e. The summed E-state index contributed by atoms with van der Waals surface area (Å²) in [4.78, 5) is 3.59. The highest BCUT2D eigenvalue weighted by molar-refractivity contribution is 5.98. The van der Waals surface area contributed by atoms with Crippen LogP contribution >= 0.6 is 0 Å². The highest BCUT2D eigenvalue weighted by Crippen LogP contribution is 2.16. The molecule has 0 radical (unpaired) electrons. The molecule has 1 heterocycles. The zero-order valence-electron chi connectivity index (χ0n) is 12.4. The quantitative estimate of drug-likeness (QED) is 0.875. The van der Waals surface area contributed by atoms with Gasteiger partial charge < -0.3 is 0 Å². The number of hydrogen-bond acceptors (Lipinski definition) is 0.